The number of nitrogens with zero attached hydrogens (tertiary/aromatic N) is 1. The molecule has 18 nitrogen and oxygen atoms in total. The number of carbonyl (C=O) groups excluding carboxylic acids is 6. The van der Waals surface area contributed by atoms with Crippen LogP contribution < -0.4 is 9.47 Å². The van der Waals surface area contributed by atoms with Crippen LogP contribution in [0.1, 0.15) is 88.1 Å². The molecule has 12 atom stereocenters. The number of aliphatic hydroxyl groups is 1. The average Bonchev–Trinajstić information content (AvgIpc) is 3.76. The van der Waals surface area contributed by atoms with Crippen LogP contribution in [0, 0.1) is 16.7 Å². The van der Waals surface area contributed by atoms with E-state index in [0.717, 1.165) is 11.8 Å². The predicted octanol–water partition coefficient (Wildman–Crippen LogP) is 7.52. The SMILES string of the molecule is COc1ccc(C2OC(C(=O)OC3C[C@@]4(O)[C@@H](OC(=O)c5ccccc5)C5[C@]6(OC(C)=O)COC6C[C@H](OC)[C@@]5(C)C(=O)[C@H](OC(C)=O)C(=C3C)C4(C)C)[C@H](c3ccccc3)N2C(=O)OCC(Cl)(Cl)Cl)c(OC)c1. The number of ether oxygens (including phenoxy) is 10. The van der Waals surface area contributed by atoms with Gasteiger partial charge in [0.2, 0.25) is 3.79 Å². The number of halogens is 3. The van der Waals surface area contributed by atoms with Gasteiger partial charge < -0.3 is 52.5 Å². The van der Waals surface area contributed by atoms with Crippen molar-refractivity contribution in [2.45, 2.75) is 118 Å². The first kappa shape index (κ1) is 54.8. The highest BCUT2D eigenvalue weighted by Crippen LogP contribution is 2.65. The van der Waals surface area contributed by atoms with Crippen LogP contribution in [-0.4, -0.2) is 132 Å². The Morgan fingerprint density at radius 3 is 2.09 bits per heavy atom. The minimum absolute atomic E-state index is 0.0111. The molecule has 0 spiro atoms. The minimum atomic E-state index is -2.40. The lowest BCUT2D eigenvalue weighted by Crippen LogP contribution is -2.82. The molecule has 2 aliphatic heterocycles. The van der Waals surface area contributed by atoms with Crippen LogP contribution in [0.25, 0.3) is 0 Å². The third-order valence-electron chi connectivity index (χ3n) is 15.5. The van der Waals surface area contributed by atoms with E-state index in [0.29, 0.717) is 11.3 Å². The fourth-order valence-corrected chi connectivity index (χ4v) is 12.1. The Kier molecular flexibility index (Phi) is 15.2. The number of ketones is 1. The van der Waals surface area contributed by atoms with Crippen molar-refractivity contribution in [3.05, 3.63) is 107 Å². The van der Waals surface area contributed by atoms with Gasteiger partial charge in [0, 0.05) is 50.8 Å². The van der Waals surface area contributed by atoms with E-state index in [1.165, 1.54) is 40.4 Å². The number of rotatable bonds is 12. The molecule has 3 aromatic carbocycles. The molecular weight excluding hydrogens is 1030 g/mol. The molecule has 8 rings (SSSR count). The molecule has 21 heteroatoms. The second kappa shape index (κ2) is 20.6. The van der Waals surface area contributed by atoms with Gasteiger partial charge in [-0.05, 0) is 54.8 Å². The zero-order valence-electron chi connectivity index (χ0n) is 42.1. The highest BCUT2D eigenvalue weighted by atomic mass is 35.6. The summed E-state index contributed by atoms with van der Waals surface area (Å²) in [6.07, 6.45) is -11.8. The van der Waals surface area contributed by atoms with E-state index in [4.69, 9.17) is 82.2 Å². The van der Waals surface area contributed by atoms with Gasteiger partial charge in [-0.2, -0.15) is 0 Å². The Bertz CT molecular complexity index is 2720. The molecule has 1 amide bonds. The van der Waals surface area contributed by atoms with Crippen molar-refractivity contribution >= 4 is 70.6 Å². The summed E-state index contributed by atoms with van der Waals surface area (Å²) < 4.78 is 58.9. The first-order valence-electron chi connectivity index (χ1n) is 23.8. The van der Waals surface area contributed by atoms with E-state index in [9.17, 15) is 24.3 Å². The topological polar surface area (TPSA) is 218 Å². The van der Waals surface area contributed by atoms with E-state index in [2.05, 4.69) is 0 Å². The van der Waals surface area contributed by atoms with Gasteiger partial charge in [-0.1, -0.05) is 97.2 Å². The van der Waals surface area contributed by atoms with Crippen LogP contribution in [0.2, 0.25) is 0 Å². The lowest BCUT2D eigenvalue weighted by Gasteiger charge is -2.67. The fourth-order valence-electron chi connectivity index (χ4n) is 12.0. The predicted molar refractivity (Wildman–Crippen MR) is 263 cm³/mol. The number of hydrogen-bond donors (Lipinski definition) is 1. The van der Waals surface area contributed by atoms with Crippen LogP contribution in [0.3, 0.4) is 0 Å². The van der Waals surface area contributed by atoms with Gasteiger partial charge in [-0.15, -0.1) is 0 Å². The standard InChI is InChI=1S/C53H58Cl3NO17/c1-27-35(71-47(62)41-39(30-16-12-10-13-17-30)57(48(63)69-26-53(54,55)56)45(72-41)33-21-20-32(65-7)22-34(33)66-8)24-52(64)44(73-46(61)31-18-14-11-15-19-31)42-50(6,43(60)40(70-28(2)58)38(27)49(52,4)5)36(67-9)23-37-51(42,25-68-37)74-29(3)59/h10-22,35-37,39-42,44-45,64H,23-26H2,1-9H3/t35?,36-,37?,39-,40+,41?,42?,44-,45?,50+,51-,52+/m0/s1. The Morgan fingerprint density at radius 2 is 1.53 bits per heavy atom. The van der Waals surface area contributed by atoms with Crippen molar-refractivity contribution in [3.63, 3.8) is 0 Å². The van der Waals surface area contributed by atoms with Crippen molar-refractivity contribution in [1.82, 2.24) is 4.90 Å². The molecule has 0 radical (unpaired) electrons. The molecule has 2 saturated carbocycles. The summed E-state index contributed by atoms with van der Waals surface area (Å²) >= 11 is 18.2. The number of fused-ring (bicyclic) bond motifs is 5. The zero-order valence-corrected chi connectivity index (χ0v) is 44.4. The molecule has 5 aliphatic rings. The van der Waals surface area contributed by atoms with E-state index in [1.807, 2.05) is 0 Å². The van der Waals surface area contributed by atoms with Crippen LogP contribution in [-0.2, 0) is 57.1 Å². The summed E-state index contributed by atoms with van der Waals surface area (Å²) in [5, 5.41) is 14.1. The van der Waals surface area contributed by atoms with Gasteiger partial charge in [0.1, 0.15) is 48.1 Å². The van der Waals surface area contributed by atoms with Gasteiger partial charge in [0.15, 0.2) is 29.8 Å². The molecule has 74 heavy (non-hydrogen) atoms. The molecule has 5 unspecified atom stereocenters. The third-order valence-corrected chi connectivity index (χ3v) is 15.8. The lowest BCUT2D eigenvalue weighted by atomic mass is 9.44. The van der Waals surface area contributed by atoms with Crippen molar-refractivity contribution in [2.75, 3.05) is 34.5 Å². The lowest BCUT2D eigenvalue weighted by molar-refractivity contribution is -0.347. The largest absolute Gasteiger partial charge is 0.497 e. The highest BCUT2D eigenvalue weighted by Gasteiger charge is 2.78. The summed E-state index contributed by atoms with van der Waals surface area (Å²) in [4.78, 5) is 88.2. The number of carbonyl (C=O) groups is 6. The molecule has 4 fully saturated rings. The third kappa shape index (κ3) is 9.38. The van der Waals surface area contributed by atoms with Crippen molar-refractivity contribution in [3.8, 4) is 11.5 Å². The van der Waals surface area contributed by atoms with Crippen molar-refractivity contribution in [2.24, 2.45) is 16.7 Å². The number of benzene rings is 3. The van der Waals surface area contributed by atoms with Gasteiger partial charge >= 0.3 is 30.0 Å². The smallest absolute Gasteiger partial charge is 0.412 e. The Hall–Kier alpha value is -5.47. The molecule has 3 aromatic rings. The number of esters is 4. The van der Waals surface area contributed by atoms with Gasteiger partial charge in [-0.3, -0.25) is 19.3 Å². The monoisotopic (exact) mass is 1090 g/mol. The van der Waals surface area contributed by atoms with Crippen LogP contribution in [0.5, 0.6) is 11.5 Å². The Labute approximate surface area is 442 Å². The molecule has 398 valence electrons. The Morgan fingerprint density at radius 1 is 0.865 bits per heavy atom. The maximum absolute atomic E-state index is 16.0. The van der Waals surface area contributed by atoms with Gasteiger partial charge in [-0.25, -0.2) is 14.4 Å². The second-order valence-electron chi connectivity index (χ2n) is 19.8. The van der Waals surface area contributed by atoms with Crippen LogP contribution in [0.4, 0.5) is 4.79 Å². The molecule has 0 aromatic heterocycles. The van der Waals surface area contributed by atoms with E-state index in [1.54, 1.807) is 94.4 Å². The fraction of sp³-hybridized carbons (Fsp3) is 0.509. The van der Waals surface area contributed by atoms with E-state index >= 15 is 9.59 Å². The summed E-state index contributed by atoms with van der Waals surface area (Å²) in [5.41, 5.74) is -6.72. The van der Waals surface area contributed by atoms with Crippen LogP contribution >= 0.6 is 34.8 Å². The molecular formula is C53H58Cl3NO17. The normalized spacial score (nSPS) is 32.0. The molecule has 2 bridgehead atoms. The number of methoxy groups -OCH3 is 3. The molecule has 2 heterocycles. The first-order chi connectivity index (χ1) is 34.9. The maximum atomic E-state index is 16.0. The zero-order chi connectivity index (χ0) is 53.9. The minimum Gasteiger partial charge on any atom is -0.497 e. The van der Waals surface area contributed by atoms with Gasteiger partial charge in [0.05, 0.1) is 43.8 Å². The second-order valence-corrected chi connectivity index (χ2v) is 22.4. The van der Waals surface area contributed by atoms with E-state index < -0.39 is 129 Å². The van der Waals surface area contributed by atoms with Crippen molar-refractivity contribution in [1.29, 1.82) is 0 Å². The summed E-state index contributed by atoms with van der Waals surface area (Å²) in [6, 6.07) is 19.7. The van der Waals surface area contributed by atoms with Crippen LogP contribution in [0.15, 0.2) is 90.0 Å². The first-order valence-corrected chi connectivity index (χ1v) is 24.9. The maximum Gasteiger partial charge on any atom is 0.412 e. The molecule has 1 N–H and O–H groups in total. The average molecular weight is 1090 g/mol. The summed E-state index contributed by atoms with van der Waals surface area (Å²) in [5.74, 6) is -5.22. The Balaban J connectivity index is 1.32. The van der Waals surface area contributed by atoms with Crippen molar-refractivity contribution < 1.29 is 81.2 Å². The summed E-state index contributed by atoms with van der Waals surface area (Å²) in [6.45, 7) is 7.65. The van der Waals surface area contributed by atoms with Gasteiger partial charge in [0.25, 0.3) is 0 Å². The number of amides is 1. The molecule has 2 saturated heterocycles. The quantitative estimate of drug-likeness (QED) is 0.0802. The highest BCUT2D eigenvalue weighted by molar-refractivity contribution is 6.67. The number of Topliss-reactive ketones (excluding diaryl/α,β-unsaturated/α-hetero) is 1. The number of hydrogen-bond acceptors (Lipinski definition) is 17. The van der Waals surface area contributed by atoms with E-state index in [-0.39, 0.29) is 41.1 Å². The summed E-state index contributed by atoms with van der Waals surface area (Å²) in [7, 11) is 4.23. The number of alkyl halides is 3. The molecule has 3 aliphatic carbocycles.